The van der Waals surface area contributed by atoms with Gasteiger partial charge in [-0.1, -0.05) is 12.1 Å². The number of hydrogen-bond acceptors (Lipinski definition) is 5. The topological polar surface area (TPSA) is 76.1 Å². The van der Waals surface area contributed by atoms with E-state index >= 15 is 0 Å². The number of hydrogen-bond donors (Lipinski definition) is 1. The van der Waals surface area contributed by atoms with Crippen molar-refractivity contribution in [2.45, 2.75) is 13.0 Å². The average molecular weight is 447 g/mol. The molecule has 3 aromatic rings. The van der Waals surface area contributed by atoms with Crippen LogP contribution >= 0.6 is 0 Å². The van der Waals surface area contributed by atoms with Gasteiger partial charge in [-0.15, -0.1) is 0 Å². The first-order chi connectivity index (χ1) is 15.9. The molecular weight excluding hydrogens is 425 g/mol. The highest BCUT2D eigenvalue weighted by Gasteiger charge is 2.47. The minimum absolute atomic E-state index is 0.0772. The largest absolute Gasteiger partial charge is 0.507 e. The molecule has 0 aliphatic carbocycles. The van der Waals surface area contributed by atoms with Crippen molar-refractivity contribution < 1.29 is 28.6 Å². The summed E-state index contributed by atoms with van der Waals surface area (Å²) in [7, 11) is 1.52. The Kier molecular flexibility index (Phi) is 6.13. The number of Topliss-reactive ketones (excluding diaryl/α,β-unsaturated/α-hetero) is 1. The van der Waals surface area contributed by atoms with Crippen LogP contribution in [0.1, 0.15) is 24.1 Å². The molecule has 1 aliphatic rings. The molecule has 1 heterocycles. The second kappa shape index (κ2) is 9.16. The van der Waals surface area contributed by atoms with Crippen LogP contribution < -0.4 is 14.4 Å². The monoisotopic (exact) mass is 447 g/mol. The Balaban J connectivity index is 1.86. The number of amides is 1. The number of ketones is 1. The van der Waals surface area contributed by atoms with Crippen LogP contribution in [0, 0.1) is 5.82 Å². The summed E-state index contributed by atoms with van der Waals surface area (Å²) in [6.07, 6.45) is 0. The summed E-state index contributed by atoms with van der Waals surface area (Å²) in [5.74, 6) is -1.19. The standard InChI is InChI=1S/C26H22FNO5/c1-3-33-21-12-6-17(7-13-21)24(29)22-23(16-4-8-18(27)9-5-16)28(26(31)25(22)30)19-10-14-20(32-2)15-11-19/h4-15,23,29H,3H2,1-2H3/b24-22+/t23-/m0/s1. The quantitative estimate of drug-likeness (QED) is 0.332. The number of nitrogens with zero attached hydrogens (tertiary/aromatic N) is 1. The van der Waals surface area contributed by atoms with Crippen molar-refractivity contribution in [2.24, 2.45) is 0 Å². The fraction of sp³-hybridized carbons (Fsp3) is 0.154. The molecule has 0 radical (unpaired) electrons. The predicted molar refractivity (Wildman–Crippen MR) is 122 cm³/mol. The third kappa shape index (κ3) is 4.17. The van der Waals surface area contributed by atoms with Crippen LogP contribution in [-0.4, -0.2) is 30.5 Å². The second-order valence-electron chi connectivity index (χ2n) is 7.38. The molecule has 33 heavy (non-hydrogen) atoms. The number of aliphatic hydroxyl groups is 1. The van der Waals surface area contributed by atoms with Gasteiger partial charge in [0.15, 0.2) is 0 Å². The van der Waals surface area contributed by atoms with E-state index < -0.39 is 23.5 Å². The van der Waals surface area contributed by atoms with Gasteiger partial charge in [0, 0.05) is 11.3 Å². The predicted octanol–water partition coefficient (Wildman–Crippen LogP) is 4.86. The number of halogens is 1. The summed E-state index contributed by atoms with van der Waals surface area (Å²) in [6.45, 7) is 2.35. The maximum atomic E-state index is 13.6. The highest BCUT2D eigenvalue weighted by molar-refractivity contribution is 6.51. The zero-order valence-electron chi connectivity index (χ0n) is 18.1. The zero-order valence-corrected chi connectivity index (χ0v) is 18.1. The van der Waals surface area contributed by atoms with Crippen LogP contribution in [0.2, 0.25) is 0 Å². The van der Waals surface area contributed by atoms with Gasteiger partial charge in [-0.3, -0.25) is 14.5 Å². The van der Waals surface area contributed by atoms with E-state index in [0.29, 0.717) is 34.9 Å². The van der Waals surface area contributed by atoms with Gasteiger partial charge in [0.05, 0.1) is 25.3 Å². The third-order valence-corrected chi connectivity index (χ3v) is 5.42. The Bertz CT molecular complexity index is 1200. The highest BCUT2D eigenvalue weighted by Crippen LogP contribution is 2.42. The Labute approximate surface area is 190 Å². The summed E-state index contributed by atoms with van der Waals surface area (Å²) in [6, 6.07) is 17.8. The molecule has 0 bridgehead atoms. The first kappa shape index (κ1) is 22.1. The zero-order chi connectivity index (χ0) is 23.5. The Morgan fingerprint density at radius 3 is 2.12 bits per heavy atom. The van der Waals surface area contributed by atoms with Gasteiger partial charge >= 0.3 is 0 Å². The van der Waals surface area contributed by atoms with Gasteiger partial charge in [-0.25, -0.2) is 4.39 Å². The molecule has 0 saturated carbocycles. The number of ether oxygens (including phenoxy) is 2. The Hall–Kier alpha value is -4.13. The lowest BCUT2D eigenvalue weighted by molar-refractivity contribution is -0.132. The van der Waals surface area contributed by atoms with Crippen molar-refractivity contribution in [1.29, 1.82) is 0 Å². The van der Waals surface area contributed by atoms with E-state index in [1.54, 1.807) is 48.5 Å². The van der Waals surface area contributed by atoms with E-state index in [1.807, 2.05) is 6.92 Å². The van der Waals surface area contributed by atoms with Crippen LogP contribution in [0.3, 0.4) is 0 Å². The van der Waals surface area contributed by atoms with Crippen molar-refractivity contribution in [2.75, 3.05) is 18.6 Å². The normalized spacial score (nSPS) is 17.3. The van der Waals surface area contributed by atoms with Crippen LogP contribution in [0.4, 0.5) is 10.1 Å². The maximum Gasteiger partial charge on any atom is 0.300 e. The molecule has 3 aromatic carbocycles. The molecule has 1 N–H and O–H groups in total. The first-order valence-corrected chi connectivity index (χ1v) is 10.4. The molecule has 1 aliphatic heterocycles. The number of carbonyl (C=O) groups excluding carboxylic acids is 2. The molecule has 1 atom stereocenters. The molecule has 6 nitrogen and oxygen atoms in total. The minimum atomic E-state index is -0.939. The molecule has 0 unspecified atom stereocenters. The maximum absolute atomic E-state index is 13.6. The lowest BCUT2D eigenvalue weighted by Gasteiger charge is -2.25. The van der Waals surface area contributed by atoms with Crippen LogP contribution in [0.5, 0.6) is 11.5 Å². The van der Waals surface area contributed by atoms with Gasteiger partial charge in [0.25, 0.3) is 11.7 Å². The first-order valence-electron chi connectivity index (χ1n) is 10.4. The van der Waals surface area contributed by atoms with Crippen molar-refractivity contribution in [3.63, 3.8) is 0 Å². The summed E-state index contributed by atoms with van der Waals surface area (Å²) in [5, 5.41) is 11.1. The van der Waals surface area contributed by atoms with E-state index in [0.717, 1.165) is 0 Å². The SMILES string of the molecule is CCOc1ccc(/C(O)=C2\C(=O)C(=O)N(c3ccc(OC)cc3)[C@H]2c2ccc(F)cc2)cc1. The lowest BCUT2D eigenvalue weighted by atomic mass is 9.95. The molecule has 1 amide bonds. The second-order valence-corrected chi connectivity index (χ2v) is 7.38. The Morgan fingerprint density at radius 2 is 1.55 bits per heavy atom. The number of methoxy groups -OCH3 is 1. The summed E-state index contributed by atoms with van der Waals surface area (Å²) in [5.41, 5.74) is 1.21. The van der Waals surface area contributed by atoms with E-state index in [4.69, 9.17) is 9.47 Å². The van der Waals surface area contributed by atoms with Gasteiger partial charge in [-0.05, 0) is 73.2 Å². The molecule has 0 aromatic heterocycles. The van der Waals surface area contributed by atoms with E-state index in [9.17, 15) is 19.1 Å². The molecule has 168 valence electrons. The van der Waals surface area contributed by atoms with Gasteiger partial charge in [0.2, 0.25) is 0 Å². The number of carbonyl (C=O) groups is 2. The lowest BCUT2D eigenvalue weighted by Crippen LogP contribution is -2.29. The van der Waals surface area contributed by atoms with E-state index in [-0.39, 0.29) is 11.3 Å². The third-order valence-electron chi connectivity index (χ3n) is 5.42. The van der Waals surface area contributed by atoms with Crippen LogP contribution in [-0.2, 0) is 9.59 Å². The van der Waals surface area contributed by atoms with Gasteiger partial charge in [-0.2, -0.15) is 0 Å². The van der Waals surface area contributed by atoms with Crippen LogP contribution in [0.15, 0.2) is 78.4 Å². The van der Waals surface area contributed by atoms with E-state index in [2.05, 4.69) is 0 Å². The molecule has 4 rings (SSSR count). The smallest absolute Gasteiger partial charge is 0.300 e. The van der Waals surface area contributed by atoms with Crippen molar-refractivity contribution in [1.82, 2.24) is 0 Å². The van der Waals surface area contributed by atoms with E-state index in [1.165, 1.54) is 36.3 Å². The highest BCUT2D eigenvalue weighted by atomic mass is 19.1. The van der Waals surface area contributed by atoms with Gasteiger partial charge < -0.3 is 14.6 Å². The molecule has 7 heteroatoms. The van der Waals surface area contributed by atoms with Crippen molar-refractivity contribution in [3.05, 3.63) is 95.3 Å². The average Bonchev–Trinajstić information content (AvgIpc) is 3.10. The summed E-state index contributed by atoms with van der Waals surface area (Å²) in [4.78, 5) is 27.5. The van der Waals surface area contributed by atoms with Crippen molar-refractivity contribution in [3.8, 4) is 11.5 Å². The molecular formula is C26H22FNO5. The molecule has 1 saturated heterocycles. The fourth-order valence-corrected chi connectivity index (χ4v) is 3.83. The number of anilines is 1. The Morgan fingerprint density at radius 1 is 0.939 bits per heavy atom. The summed E-state index contributed by atoms with van der Waals surface area (Å²) < 4.78 is 24.2. The van der Waals surface area contributed by atoms with Crippen molar-refractivity contribution >= 4 is 23.1 Å². The fourth-order valence-electron chi connectivity index (χ4n) is 3.83. The van der Waals surface area contributed by atoms with Gasteiger partial charge in [0.1, 0.15) is 23.1 Å². The molecule has 0 spiro atoms. The number of aliphatic hydroxyl groups excluding tert-OH is 1. The summed E-state index contributed by atoms with van der Waals surface area (Å²) >= 11 is 0. The van der Waals surface area contributed by atoms with Crippen LogP contribution in [0.25, 0.3) is 5.76 Å². The number of benzene rings is 3. The minimum Gasteiger partial charge on any atom is -0.507 e. The number of rotatable bonds is 6. The molecule has 1 fully saturated rings.